The summed E-state index contributed by atoms with van der Waals surface area (Å²) in [5.74, 6) is -0.651. The predicted molar refractivity (Wildman–Crippen MR) is 70.7 cm³/mol. The molecule has 1 aromatic rings. The smallest absolute Gasteiger partial charge is 0.331 e. The second-order valence-corrected chi connectivity index (χ2v) is 4.39. The molecule has 0 aromatic heterocycles. The van der Waals surface area contributed by atoms with Gasteiger partial charge in [-0.2, -0.15) is 5.26 Å². The number of esters is 1. The number of hydrogen-bond donors (Lipinski definition) is 0. The number of hydrogen-bond acceptors (Lipinski definition) is 4. The molecular weight excluding hydrogens is 266 g/mol. The fourth-order valence-corrected chi connectivity index (χ4v) is 2.00. The van der Waals surface area contributed by atoms with Crippen molar-refractivity contribution in [2.75, 3.05) is 6.61 Å². The third-order valence-electron chi connectivity index (χ3n) is 2.77. The summed E-state index contributed by atoms with van der Waals surface area (Å²) in [7, 11) is 0. The van der Waals surface area contributed by atoms with E-state index in [9.17, 15) is 14.9 Å². The van der Waals surface area contributed by atoms with Gasteiger partial charge in [0.2, 0.25) is 0 Å². The number of nitriles is 1. The molecule has 5 heteroatoms. The van der Waals surface area contributed by atoms with Crippen molar-refractivity contribution in [3.05, 3.63) is 34.9 Å². The topological polar surface area (TPSA) is 67.2 Å². The van der Waals surface area contributed by atoms with Crippen LogP contribution in [0.1, 0.15) is 25.3 Å². The SMILES string of the molecule is CCOC(=O)C(C#N)(CCC=O)c1cccc(Cl)c1. The number of carbonyl (C=O) groups excluding carboxylic acids is 2. The van der Waals surface area contributed by atoms with Crippen molar-refractivity contribution in [1.29, 1.82) is 5.26 Å². The molecule has 4 nitrogen and oxygen atoms in total. The number of carbonyl (C=O) groups is 2. The maximum absolute atomic E-state index is 12.1. The lowest BCUT2D eigenvalue weighted by Crippen LogP contribution is -2.36. The normalized spacial score (nSPS) is 13.1. The van der Waals surface area contributed by atoms with Gasteiger partial charge < -0.3 is 9.53 Å². The number of halogens is 1. The van der Waals surface area contributed by atoms with Crippen molar-refractivity contribution in [3.63, 3.8) is 0 Å². The van der Waals surface area contributed by atoms with E-state index in [-0.39, 0.29) is 19.4 Å². The van der Waals surface area contributed by atoms with Gasteiger partial charge in [-0.1, -0.05) is 23.7 Å². The highest BCUT2D eigenvalue weighted by atomic mass is 35.5. The molecule has 0 heterocycles. The van der Waals surface area contributed by atoms with Crippen LogP contribution in [0.3, 0.4) is 0 Å². The highest BCUT2D eigenvalue weighted by Gasteiger charge is 2.42. The molecule has 0 amide bonds. The van der Waals surface area contributed by atoms with E-state index in [1.807, 2.05) is 6.07 Å². The molecule has 0 aliphatic heterocycles. The van der Waals surface area contributed by atoms with E-state index in [0.717, 1.165) is 0 Å². The lowest BCUT2D eigenvalue weighted by atomic mass is 9.78. The van der Waals surface area contributed by atoms with Crippen molar-refractivity contribution in [3.8, 4) is 6.07 Å². The first-order valence-electron chi connectivity index (χ1n) is 5.89. The maximum Gasteiger partial charge on any atom is 0.331 e. The molecule has 0 saturated carbocycles. The number of ether oxygens (including phenoxy) is 1. The Bertz CT molecular complexity index is 510. The molecule has 100 valence electrons. The molecule has 1 aromatic carbocycles. The monoisotopic (exact) mass is 279 g/mol. The maximum atomic E-state index is 12.1. The zero-order valence-electron chi connectivity index (χ0n) is 10.6. The molecule has 0 saturated heterocycles. The highest BCUT2D eigenvalue weighted by molar-refractivity contribution is 6.30. The quantitative estimate of drug-likeness (QED) is 0.593. The van der Waals surface area contributed by atoms with E-state index in [0.29, 0.717) is 16.9 Å². The van der Waals surface area contributed by atoms with Crippen LogP contribution in [0, 0.1) is 11.3 Å². The van der Waals surface area contributed by atoms with Gasteiger partial charge in [-0.25, -0.2) is 4.79 Å². The molecule has 1 unspecified atom stereocenters. The summed E-state index contributed by atoms with van der Waals surface area (Å²) >= 11 is 5.89. The van der Waals surface area contributed by atoms with E-state index in [1.165, 1.54) is 0 Å². The predicted octanol–water partition coefficient (Wildman–Crippen LogP) is 2.64. The van der Waals surface area contributed by atoms with E-state index in [2.05, 4.69) is 0 Å². The summed E-state index contributed by atoms with van der Waals surface area (Å²) in [5, 5.41) is 9.86. The van der Waals surface area contributed by atoms with Gasteiger partial charge in [0.1, 0.15) is 6.29 Å². The van der Waals surface area contributed by atoms with Crippen LogP contribution in [0.2, 0.25) is 5.02 Å². The Morgan fingerprint density at radius 3 is 2.84 bits per heavy atom. The van der Waals surface area contributed by atoms with Crippen LogP contribution in [0.25, 0.3) is 0 Å². The van der Waals surface area contributed by atoms with Crippen LogP contribution >= 0.6 is 11.6 Å². The molecule has 1 rings (SSSR count). The third-order valence-corrected chi connectivity index (χ3v) is 3.00. The lowest BCUT2D eigenvalue weighted by molar-refractivity contribution is -0.148. The molecule has 0 aliphatic carbocycles. The molecule has 19 heavy (non-hydrogen) atoms. The lowest BCUT2D eigenvalue weighted by Gasteiger charge is -2.24. The molecule has 0 N–H and O–H groups in total. The van der Waals surface area contributed by atoms with Crippen molar-refractivity contribution < 1.29 is 14.3 Å². The van der Waals surface area contributed by atoms with E-state index < -0.39 is 11.4 Å². The summed E-state index contributed by atoms with van der Waals surface area (Å²) in [5.41, 5.74) is -1.04. The standard InChI is InChI=1S/C14H14ClNO3/c1-2-19-13(18)14(10-16,7-4-8-17)11-5-3-6-12(15)9-11/h3,5-6,8-9H,2,4,7H2,1H3. The summed E-state index contributed by atoms with van der Waals surface area (Å²) in [6, 6.07) is 8.48. The molecule has 0 radical (unpaired) electrons. The number of rotatable bonds is 6. The highest BCUT2D eigenvalue weighted by Crippen LogP contribution is 2.31. The molecule has 0 aliphatic rings. The summed E-state index contributed by atoms with van der Waals surface area (Å²) in [4.78, 5) is 22.7. The summed E-state index contributed by atoms with van der Waals surface area (Å²) in [6.07, 6.45) is 0.848. The van der Waals surface area contributed by atoms with E-state index in [4.69, 9.17) is 16.3 Å². The van der Waals surface area contributed by atoms with Gasteiger partial charge in [0.05, 0.1) is 12.7 Å². The second kappa shape index (κ2) is 6.91. The minimum Gasteiger partial charge on any atom is -0.465 e. The van der Waals surface area contributed by atoms with Crippen LogP contribution in [0.4, 0.5) is 0 Å². The first-order valence-corrected chi connectivity index (χ1v) is 6.26. The van der Waals surface area contributed by atoms with Crippen LogP contribution in [-0.4, -0.2) is 18.9 Å². The Labute approximate surface area is 116 Å². The van der Waals surface area contributed by atoms with Crippen LogP contribution < -0.4 is 0 Å². The van der Waals surface area contributed by atoms with Gasteiger partial charge in [0.15, 0.2) is 5.41 Å². The fourth-order valence-electron chi connectivity index (χ4n) is 1.81. The molecule has 0 bridgehead atoms. The van der Waals surface area contributed by atoms with Gasteiger partial charge in [0.25, 0.3) is 0 Å². The zero-order chi connectivity index (χ0) is 14.3. The van der Waals surface area contributed by atoms with E-state index in [1.54, 1.807) is 31.2 Å². The number of aldehydes is 1. The van der Waals surface area contributed by atoms with Crippen molar-refractivity contribution in [2.24, 2.45) is 0 Å². The van der Waals surface area contributed by atoms with Gasteiger partial charge in [-0.3, -0.25) is 0 Å². The zero-order valence-corrected chi connectivity index (χ0v) is 11.3. The Balaban J connectivity index is 3.27. The van der Waals surface area contributed by atoms with Crippen LogP contribution in [0.5, 0.6) is 0 Å². The van der Waals surface area contributed by atoms with Gasteiger partial charge in [-0.05, 0) is 31.0 Å². The summed E-state index contributed by atoms with van der Waals surface area (Å²) in [6.45, 7) is 1.83. The number of benzene rings is 1. The molecule has 0 fully saturated rings. The molecule has 1 atom stereocenters. The van der Waals surface area contributed by atoms with Gasteiger partial charge in [0, 0.05) is 11.4 Å². The largest absolute Gasteiger partial charge is 0.465 e. The Hall–Kier alpha value is -1.86. The minimum atomic E-state index is -1.48. The van der Waals surface area contributed by atoms with E-state index >= 15 is 0 Å². The van der Waals surface area contributed by atoms with Crippen molar-refractivity contribution in [1.82, 2.24) is 0 Å². The van der Waals surface area contributed by atoms with Crippen LogP contribution in [0.15, 0.2) is 24.3 Å². The Kier molecular flexibility index (Phi) is 5.53. The second-order valence-electron chi connectivity index (χ2n) is 3.95. The van der Waals surface area contributed by atoms with Crippen LogP contribution in [-0.2, 0) is 19.7 Å². The van der Waals surface area contributed by atoms with Crippen molar-refractivity contribution >= 4 is 23.9 Å². The Morgan fingerprint density at radius 2 is 2.32 bits per heavy atom. The average Bonchev–Trinajstić information content (AvgIpc) is 2.40. The summed E-state index contributed by atoms with van der Waals surface area (Å²) < 4.78 is 4.97. The van der Waals surface area contributed by atoms with Gasteiger partial charge >= 0.3 is 5.97 Å². The average molecular weight is 280 g/mol. The van der Waals surface area contributed by atoms with Gasteiger partial charge in [-0.15, -0.1) is 0 Å². The molecule has 0 spiro atoms. The third kappa shape index (κ3) is 3.33. The Morgan fingerprint density at radius 1 is 1.58 bits per heavy atom. The number of nitrogens with zero attached hydrogens (tertiary/aromatic N) is 1. The van der Waals surface area contributed by atoms with Crippen molar-refractivity contribution in [2.45, 2.75) is 25.2 Å². The molecular formula is C14H14ClNO3. The fraction of sp³-hybridized carbons (Fsp3) is 0.357. The minimum absolute atomic E-state index is 0.0756. The first kappa shape index (κ1) is 15.2. The first-order chi connectivity index (χ1) is 9.10.